The monoisotopic (exact) mass is 207 g/mol. The maximum atomic E-state index is 10.6. The maximum absolute atomic E-state index is 10.6. The van der Waals surface area contributed by atoms with Crippen molar-refractivity contribution in [3.05, 3.63) is 39.9 Å². The zero-order valence-corrected chi connectivity index (χ0v) is 7.68. The molecule has 0 amide bonds. The van der Waals surface area contributed by atoms with Gasteiger partial charge in [-0.3, -0.25) is 15.5 Å². The fourth-order valence-electron chi connectivity index (χ4n) is 0.934. The van der Waals surface area contributed by atoms with Crippen molar-refractivity contribution in [3.63, 3.8) is 0 Å². The molecule has 0 saturated carbocycles. The van der Waals surface area contributed by atoms with Gasteiger partial charge in [0.05, 0.1) is 16.7 Å². The first-order valence-electron chi connectivity index (χ1n) is 3.98. The van der Waals surface area contributed by atoms with Crippen LogP contribution >= 0.6 is 0 Å². The van der Waals surface area contributed by atoms with Crippen molar-refractivity contribution in [3.8, 4) is 0 Å². The van der Waals surface area contributed by atoms with Gasteiger partial charge >= 0.3 is 0 Å². The number of hydrogen-bond donors (Lipinski definition) is 3. The Kier molecular flexibility index (Phi) is 3.33. The Bertz CT molecular complexity index is 415. The number of para-hydroxylation sites is 1. The van der Waals surface area contributed by atoms with Gasteiger partial charge in [-0.05, 0) is 6.07 Å². The van der Waals surface area contributed by atoms with Crippen LogP contribution in [0.3, 0.4) is 0 Å². The molecule has 0 unspecified atom stereocenters. The molecule has 1 aromatic rings. The Hall–Kier alpha value is -2.44. The van der Waals surface area contributed by atoms with Gasteiger partial charge in [0.2, 0.25) is 5.96 Å². The second-order valence-corrected chi connectivity index (χ2v) is 2.60. The van der Waals surface area contributed by atoms with Gasteiger partial charge in [0.1, 0.15) is 0 Å². The number of benzene rings is 1. The molecule has 0 radical (unpaired) electrons. The molecule has 0 aliphatic heterocycles. The van der Waals surface area contributed by atoms with Crippen LogP contribution in [-0.4, -0.2) is 17.1 Å². The van der Waals surface area contributed by atoms with Crippen LogP contribution in [-0.2, 0) is 0 Å². The third-order valence-corrected chi connectivity index (χ3v) is 1.52. The lowest BCUT2D eigenvalue weighted by Gasteiger charge is -1.96. The molecule has 0 aliphatic rings. The van der Waals surface area contributed by atoms with Crippen LogP contribution in [0, 0.1) is 15.5 Å². The first kappa shape index (κ1) is 10.6. The summed E-state index contributed by atoms with van der Waals surface area (Å²) in [6.07, 6.45) is 1.24. The molecule has 0 aromatic heterocycles. The van der Waals surface area contributed by atoms with Crippen LogP contribution in [0.25, 0.3) is 0 Å². The lowest BCUT2D eigenvalue weighted by molar-refractivity contribution is -0.385. The van der Waals surface area contributed by atoms with Crippen molar-refractivity contribution < 1.29 is 4.92 Å². The van der Waals surface area contributed by atoms with Crippen LogP contribution < -0.4 is 11.2 Å². The molecule has 0 bridgehead atoms. The van der Waals surface area contributed by atoms with Crippen molar-refractivity contribution in [2.24, 2.45) is 10.8 Å². The van der Waals surface area contributed by atoms with Gasteiger partial charge < -0.3 is 5.73 Å². The number of nitro benzene ring substituents is 1. The van der Waals surface area contributed by atoms with E-state index in [1.807, 2.05) is 0 Å². The van der Waals surface area contributed by atoms with E-state index in [4.69, 9.17) is 11.1 Å². The summed E-state index contributed by atoms with van der Waals surface area (Å²) < 4.78 is 0. The Morgan fingerprint density at radius 2 is 2.27 bits per heavy atom. The van der Waals surface area contributed by atoms with Crippen molar-refractivity contribution >= 4 is 17.9 Å². The van der Waals surface area contributed by atoms with E-state index in [1.54, 1.807) is 18.2 Å². The molecule has 0 heterocycles. The normalized spacial score (nSPS) is 10.1. The fraction of sp³-hybridized carbons (Fsp3) is 0. The van der Waals surface area contributed by atoms with Crippen LogP contribution in [0.5, 0.6) is 0 Å². The number of hydrogen-bond acceptors (Lipinski definition) is 4. The summed E-state index contributed by atoms with van der Waals surface area (Å²) in [5, 5.41) is 20.9. The van der Waals surface area contributed by atoms with E-state index < -0.39 is 4.92 Å². The van der Waals surface area contributed by atoms with Gasteiger partial charge in [-0.15, -0.1) is 0 Å². The molecule has 4 N–H and O–H groups in total. The fourth-order valence-corrected chi connectivity index (χ4v) is 0.934. The van der Waals surface area contributed by atoms with Crippen molar-refractivity contribution in [1.82, 2.24) is 5.43 Å². The number of nitrogens with zero attached hydrogens (tertiary/aromatic N) is 2. The molecule has 0 atom stereocenters. The molecule has 7 nitrogen and oxygen atoms in total. The van der Waals surface area contributed by atoms with E-state index in [0.29, 0.717) is 5.56 Å². The molecule has 0 saturated heterocycles. The van der Waals surface area contributed by atoms with Gasteiger partial charge in [-0.25, -0.2) is 5.43 Å². The van der Waals surface area contributed by atoms with Crippen molar-refractivity contribution in [2.45, 2.75) is 0 Å². The van der Waals surface area contributed by atoms with Crippen LogP contribution in [0.2, 0.25) is 0 Å². The summed E-state index contributed by atoms with van der Waals surface area (Å²) in [5.41, 5.74) is 7.44. The standard InChI is InChI=1S/C8H9N5O2/c9-8(10)12-11-5-6-3-1-2-4-7(6)13(14)15/h1-5H,(H4,9,10,12)/b11-5+. The van der Waals surface area contributed by atoms with E-state index in [2.05, 4.69) is 10.5 Å². The van der Waals surface area contributed by atoms with Crippen molar-refractivity contribution in [1.29, 1.82) is 5.41 Å². The van der Waals surface area contributed by atoms with Crippen molar-refractivity contribution in [2.75, 3.05) is 0 Å². The number of nitro groups is 1. The Morgan fingerprint density at radius 3 is 2.87 bits per heavy atom. The summed E-state index contributed by atoms with van der Waals surface area (Å²) >= 11 is 0. The minimum atomic E-state index is -0.505. The molecular weight excluding hydrogens is 198 g/mol. The summed E-state index contributed by atoms with van der Waals surface area (Å²) in [7, 11) is 0. The molecule has 78 valence electrons. The minimum absolute atomic E-state index is 0.0494. The average molecular weight is 207 g/mol. The molecule has 0 aliphatic carbocycles. The molecule has 1 aromatic carbocycles. The molecular formula is C8H9N5O2. The number of hydrazone groups is 1. The lowest BCUT2D eigenvalue weighted by atomic mass is 10.2. The Labute approximate surface area is 85.3 Å². The zero-order chi connectivity index (χ0) is 11.3. The van der Waals surface area contributed by atoms with E-state index >= 15 is 0 Å². The zero-order valence-electron chi connectivity index (χ0n) is 7.68. The summed E-state index contributed by atoms with van der Waals surface area (Å²) in [6, 6.07) is 6.13. The van der Waals surface area contributed by atoms with Crippen LogP contribution in [0.15, 0.2) is 29.4 Å². The third-order valence-electron chi connectivity index (χ3n) is 1.52. The highest BCUT2D eigenvalue weighted by Crippen LogP contribution is 2.14. The summed E-state index contributed by atoms with van der Waals surface area (Å²) in [5.74, 6) is -0.329. The van der Waals surface area contributed by atoms with Gasteiger partial charge in [-0.2, -0.15) is 5.10 Å². The lowest BCUT2D eigenvalue weighted by Crippen LogP contribution is -2.25. The van der Waals surface area contributed by atoms with E-state index in [0.717, 1.165) is 0 Å². The second-order valence-electron chi connectivity index (χ2n) is 2.60. The number of nitrogens with two attached hydrogens (primary N) is 1. The quantitative estimate of drug-likeness (QED) is 0.288. The second kappa shape index (κ2) is 4.70. The smallest absolute Gasteiger partial charge is 0.278 e. The SMILES string of the molecule is N=C(N)N/N=C/c1ccccc1[N+](=O)[O-]. The molecule has 0 spiro atoms. The number of nitrogens with one attached hydrogen (secondary N) is 2. The average Bonchev–Trinajstić information content (AvgIpc) is 2.17. The van der Waals surface area contributed by atoms with Gasteiger partial charge in [0, 0.05) is 6.07 Å². The minimum Gasteiger partial charge on any atom is -0.369 e. The van der Waals surface area contributed by atoms with E-state index in [9.17, 15) is 10.1 Å². The highest BCUT2D eigenvalue weighted by Gasteiger charge is 2.09. The van der Waals surface area contributed by atoms with E-state index in [1.165, 1.54) is 12.3 Å². The largest absolute Gasteiger partial charge is 0.369 e. The molecule has 7 heteroatoms. The van der Waals surface area contributed by atoms with Gasteiger partial charge in [-0.1, -0.05) is 12.1 Å². The third kappa shape index (κ3) is 3.07. The molecule has 0 fully saturated rings. The highest BCUT2D eigenvalue weighted by molar-refractivity contribution is 5.86. The Balaban J connectivity index is 2.89. The molecule has 1 rings (SSSR count). The topological polar surface area (TPSA) is 117 Å². The number of guanidine groups is 1. The first-order valence-corrected chi connectivity index (χ1v) is 3.98. The molecule has 15 heavy (non-hydrogen) atoms. The highest BCUT2D eigenvalue weighted by atomic mass is 16.6. The summed E-state index contributed by atoms with van der Waals surface area (Å²) in [6.45, 7) is 0. The van der Waals surface area contributed by atoms with Crippen LogP contribution in [0.4, 0.5) is 5.69 Å². The van der Waals surface area contributed by atoms with Gasteiger partial charge in [0.25, 0.3) is 5.69 Å². The van der Waals surface area contributed by atoms with E-state index in [-0.39, 0.29) is 11.6 Å². The predicted molar refractivity (Wildman–Crippen MR) is 55.7 cm³/mol. The Morgan fingerprint density at radius 1 is 1.60 bits per heavy atom. The number of rotatable bonds is 3. The van der Waals surface area contributed by atoms with Gasteiger partial charge in [0.15, 0.2) is 0 Å². The maximum Gasteiger partial charge on any atom is 0.278 e. The summed E-state index contributed by atoms with van der Waals surface area (Å²) in [4.78, 5) is 10.1. The first-order chi connectivity index (χ1) is 7.11. The van der Waals surface area contributed by atoms with Crippen LogP contribution in [0.1, 0.15) is 5.56 Å². The predicted octanol–water partition coefficient (Wildman–Crippen LogP) is 0.412.